The van der Waals surface area contributed by atoms with E-state index < -0.39 is 23.1 Å². The van der Waals surface area contributed by atoms with Crippen molar-refractivity contribution in [2.24, 2.45) is 0 Å². The van der Waals surface area contributed by atoms with Crippen LogP contribution in [0.3, 0.4) is 0 Å². The maximum Gasteiger partial charge on any atom is 0.417 e. The average molecular weight is 315 g/mol. The molecule has 0 bridgehead atoms. The number of halogens is 5. The number of rotatable bonds is 2. The van der Waals surface area contributed by atoms with E-state index in [4.69, 9.17) is 16.9 Å². The van der Waals surface area contributed by atoms with Crippen molar-refractivity contribution < 1.29 is 17.6 Å². The monoisotopic (exact) mass is 314 g/mol. The smallest absolute Gasteiger partial charge is 0.353 e. The van der Waals surface area contributed by atoms with Crippen molar-refractivity contribution in [1.82, 2.24) is 0 Å². The van der Waals surface area contributed by atoms with Gasteiger partial charge in [-0.15, -0.1) is 0 Å². The third kappa shape index (κ3) is 3.44. The van der Waals surface area contributed by atoms with Crippen LogP contribution >= 0.6 is 11.6 Å². The molecule has 0 aliphatic rings. The largest absolute Gasteiger partial charge is 0.417 e. The van der Waals surface area contributed by atoms with Crippen molar-refractivity contribution in [3.63, 3.8) is 0 Å². The van der Waals surface area contributed by atoms with Crippen LogP contribution in [0.5, 0.6) is 0 Å². The summed E-state index contributed by atoms with van der Waals surface area (Å²) in [4.78, 5) is 0. The van der Waals surface area contributed by atoms with Gasteiger partial charge in [-0.2, -0.15) is 18.4 Å². The Bertz CT molecular complexity index is 720. The number of anilines is 2. The molecule has 0 aliphatic carbocycles. The summed E-state index contributed by atoms with van der Waals surface area (Å²) >= 11 is 5.72. The second-order valence-electron chi connectivity index (χ2n) is 4.12. The lowest BCUT2D eigenvalue weighted by atomic mass is 10.1. The van der Waals surface area contributed by atoms with Crippen LogP contribution in [0.4, 0.5) is 28.9 Å². The summed E-state index contributed by atoms with van der Waals surface area (Å²) in [5.74, 6) is -0.613. The van der Waals surface area contributed by atoms with E-state index >= 15 is 0 Å². The molecule has 2 aromatic carbocycles. The molecule has 1 N–H and O–H groups in total. The molecule has 21 heavy (non-hydrogen) atoms. The van der Waals surface area contributed by atoms with E-state index in [0.29, 0.717) is 0 Å². The first kappa shape index (κ1) is 15.1. The van der Waals surface area contributed by atoms with E-state index in [1.54, 1.807) is 0 Å². The van der Waals surface area contributed by atoms with Gasteiger partial charge in [-0.1, -0.05) is 11.6 Å². The van der Waals surface area contributed by atoms with Gasteiger partial charge in [0, 0.05) is 10.7 Å². The zero-order chi connectivity index (χ0) is 15.6. The number of alkyl halides is 3. The molecule has 0 fully saturated rings. The average Bonchev–Trinajstić information content (AvgIpc) is 2.41. The van der Waals surface area contributed by atoms with Crippen molar-refractivity contribution in [3.05, 3.63) is 58.4 Å². The maximum atomic E-state index is 13.5. The van der Waals surface area contributed by atoms with Crippen molar-refractivity contribution in [2.45, 2.75) is 6.18 Å². The van der Waals surface area contributed by atoms with E-state index in [1.165, 1.54) is 18.2 Å². The van der Waals surface area contributed by atoms with Crippen LogP contribution in [0, 0.1) is 17.1 Å². The fraction of sp³-hybridized carbons (Fsp3) is 0.0714. The molecule has 0 amide bonds. The van der Waals surface area contributed by atoms with Crippen LogP contribution < -0.4 is 5.32 Å². The molecule has 2 rings (SSSR count). The Labute approximate surface area is 122 Å². The Kier molecular flexibility index (Phi) is 4.05. The van der Waals surface area contributed by atoms with Crippen molar-refractivity contribution in [2.75, 3.05) is 5.32 Å². The van der Waals surface area contributed by atoms with Gasteiger partial charge in [0.15, 0.2) is 0 Å². The number of nitrogens with one attached hydrogen (secondary N) is 1. The lowest BCUT2D eigenvalue weighted by Gasteiger charge is -2.12. The lowest BCUT2D eigenvalue weighted by molar-refractivity contribution is -0.137. The van der Waals surface area contributed by atoms with Gasteiger partial charge >= 0.3 is 6.18 Å². The Morgan fingerprint density at radius 3 is 2.43 bits per heavy atom. The molecule has 0 spiro atoms. The normalized spacial score (nSPS) is 11.0. The highest BCUT2D eigenvalue weighted by molar-refractivity contribution is 6.30. The van der Waals surface area contributed by atoms with Crippen molar-refractivity contribution in [1.29, 1.82) is 5.26 Å². The Hall–Kier alpha value is -2.26. The number of benzene rings is 2. The minimum atomic E-state index is -4.62. The van der Waals surface area contributed by atoms with Crippen LogP contribution in [0.1, 0.15) is 11.1 Å². The topological polar surface area (TPSA) is 35.8 Å². The van der Waals surface area contributed by atoms with Gasteiger partial charge < -0.3 is 5.32 Å². The Morgan fingerprint density at radius 1 is 1.10 bits per heavy atom. The molecule has 0 aromatic heterocycles. The molecule has 7 heteroatoms. The molecule has 0 saturated carbocycles. The quantitative estimate of drug-likeness (QED) is 0.782. The van der Waals surface area contributed by atoms with Gasteiger partial charge in [-0.3, -0.25) is 0 Å². The third-order valence-electron chi connectivity index (χ3n) is 2.65. The Balaban J connectivity index is 2.39. The zero-order valence-electron chi connectivity index (χ0n) is 10.3. The molecule has 108 valence electrons. The highest BCUT2D eigenvalue weighted by Crippen LogP contribution is 2.34. The maximum absolute atomic E-state index is 13.5. The van der Waals surface area contributed by atoms with Crippen LogP contribution in [-0.4, -0.2) is 0 Å². The van der Waals surface area contributed by atoms with Crippen LogP contribution in [0.25, 0.3) is 0 Å². The van der Waals surface area contributed by atoms with Crippen LogP contribution in [-0.2, 0) is 6.18 Å². The molecule has 2 aromatic rings. The highest BCUT2D eigenvalue weighted by atomic mass is 35.5. The van der Waals surface area contributed by atoms with E-state index in [-0.39, 0.29) is 16.4 Å². The van der Waals surface area contributed by atoms with Crippen molar-refractivity contribution in [3.8, 4) is 6.07 Å². The zero-order valence-corrected chi connectivity index (χ0v) is 11.1. The predicted molar refractivity (Wildman–Crippen MR) is 70.9 cm³/mol. The number of hydrogen-bond donors (Lipinski definition) is 1. The fourth-order valence-electron chi connectivity index (χ4n) is 1.71. The van der Waals surface area contributed by atoms with Crippen LogP contribution in [0.2, 0.25) is 5.02 Å². The number of hydrogen-bond acceptors (Lipinski definition) is 2. The first-order valence-corrected chi connectivity index (χ1v) is 6.02. The van der Waals surface area contributed by atoms with Gasteiger partial charge in [-0.05, 0) is 36.4 Å². The fourth-order valence-corrected chi connectivity index (χ4v) is 1.88. The third-order valence-corrected chi connectivity index (χ3v) is 2.89. The summed E-state index contributed by atoms with van der Waals surface area (Å²) in [6.07, 6.45) is -4.62. The minimum absolute atomic E-state index is 0.00569. The van der Waals surface area contributed by atoms with E-state index in [9.17, 15) is 17.6 Å². The van der Waals surface area contributed by atoms with E-state index in [1.807, 2.05) is 0 Å². The second-order valence-corrected chi connectivity index (χ2v) is 4.56. The first-order valence-electron chi connectivity index (χ1n) is 5.64. The molecule has 0 atom stereocenters. The summed E-state index contributed by atoms with van der Waals surface area (Å²) in [7, 11) is 0. The van der Waals surface area contributed by atoms with Gasteiger partial charge in [0.1, 0.15) is 5.82 Å². The van der Waals surface area contributed by atoms with Gasteiger partial charge in [-0.25, -0.2) is 4.39 Å². The molecular formula is C14H7ClF4N2. The number of nitrogens with zero attached hydrogens (tertiary/aromatic N) is 1. The molecule has 0 aliphatic heterocycles. The molecule has 0 saturated heterocycles. The molecule has 0 heterocycles. The van der Waals surface area contributed by atoms with Gasteiger partial charge in [0.05, 0.1) is 22.9 Å². The van der Waals surface area contributed by atoms with Gasteiger partial charge in [0.25, 0.3) is 0 Å². The SMILES string of the molecule is N#Cc1cc(Nc2cc(Cl)ccc2F)ccc1C(F)(F)F. The molecule has 2 nitrogen and oxygen atoms in total. The van der Waals surface area contributed by atoms with E-state index in [0.717, 1.165) is 24.3 Å². The second kappa shape index (κ2) is 5.62. The van der Waals surface area contributed by atoms with Crippen LogP contribution in [0.15, 0.2) is 36.4 Å². The molecular weight excluding hydrogens is 308 g/mol. The minimum Gasteiger partial charge on any atom is -0.353 e. The molecule has 0 unspecified atom stereocenters. The lowest BCUT2D eigenvalue weighted by Crippen LogP contribution is -2.08. The van der Waals surface area contributed by atoms with E-state index in [2.05, 4.69) is 5.32 Å². The van der Waals surface area contributed by atoms with Crippen molar-refractivity contribution >= 4 is 23.0 Å². The summed E-state index contributed by atoms with van der Waals surface area (Å²) in [5.41, 5.74) is -1.43. The number of nitriles is 1. The standard InChI is InChI=1S/C14H7ClF4N2/c15-9-1-4-12(16)13(6-9)21-10-2-3-11(14(17,18)19)8(5-10)7-20/h1-6,21H. The van der Waals surface area contributed by atoms with Gasteiger partial charge in [0.2, 0.25) is 0 Å². The summed E-state index contributed by atoms with van der Waals surface area (Å²) in [5, 5.41) is 11.7. The molecule has 0 radical (unpaired) electrons. The Morgan fingerprint density at radius 2 is 1.81 bits per heavy atom. The summed E-state index contributed by atoms with van der Waals surface area (Å²) in [6.45, 7) is 0. The first-order chi connectivity index (χ1) is 9.81. The highest BCUT2D eigenvalue weighted by Gasteiger charge is 2.33. The summed E-state index contributed by atoms with van der Waals surface area (Å²) < 4.78 is 51.5. The summed E-state index contributed by atoms with van der Waals surface area (Å²) in [6, 6.07) is 8.12. The predicted octanol–water partition coefficient (Wildman–Crippen LogP) is 5.11.